The molecule has 0 saturated heterocycles. The SMILES string of the molecule is CON(C)C(=O)CCCCc1ccc(C(C)O)cc1. The topological polar surface area (TPSA) is 49.8 Å². The van der Waals surface area contributed by atoms with E-state index in [0.29, 0.717) is 6.42 Å². The van der Waals surface area contributed by atoms with Crippen molar-refractivity contribution >= 4 is 5.91 Å². The molecule has 4 heteroatoms. The van der Waals surface area contributed by atoms with Crippen LogP contribution in [0.2, 0.25) is 0 Å². The molecule has 1 aromatic carbocycles. The standard InChI is InChI=1S/C15H23NO3/c1-12(17)14-10-8-13(9-11-14)6-4-5-7-15(18)16(2)19-3/h8-12,17H,4-7H2,1-3H3. The molecule has 1 aromatic rings. The molecule has 0 bridgehead atoms. The number of carbonyl (C=O) groups excluding carboxylic acids is 1. The summed E-state index contributed by atoms with van der Waals surface area (Å²) in [5, 5.41) is 10.7. The Morgan fingerprint density at radius 3 is 2.47 bits per heavy atom. The Labute approximate surface area is 114 Å². The van der Waals surface area contributed by atoms with Crippen molar-refractivity contribution in [3.63, 3.8) is 0 Å². The van der Waals surface area contributed by atoms with Gasteiger partial charge in [-0.3, -0.25) is 9.63 Å². The van der Waals surface area contributed by atoms with Crippen LogP contribution >= 0.6 is 0 Å². The molecule has 0 heterocycles. The third kappa shape index (κ3) is 5.41. The van der Waals surface area contributed by atoms with Gasteiger partial charge in [-0.25, -0.2) is 5.06 Å². The molecule has 1 atom stereocenters. The van der Waals surface area contributed by atoms with E-state index in [0.717, 1.165) is 24.8 Å². The fourth-order valence-corrected chi connectivity index (χ4v) is 1.83. The fraction of sp³-hybridized carbons (Fsp3) is 0.533. The van der Waals surface area contributed by atoms with E-state index >= 15 is 0 Å². The van der Waals surface area contributed by atoms with Gasteiger partial charge in [0, 0.05) is 13.5 Å². The molecule has 1 unspecified atom stereocenters. The molecule has 0 fully saturated rings. The van der Waals surface area contributed by atoms with Crippen LogP contribution in [0.1, 0.15) is 43.4 Å². The van der Waals surface area contributed by atoms with Gasteiger partial charge in [-0.1, -0.05) is 24.3 Å². The van der Waals surface area contributed by atoms with Gasteiger partial charge in [0.25, 0.3) is 0 Å². The maximum absolute atomic E-state index is 11.5. The highest BCUT2D eigenvalue weighted by Crippen LogP contribution is 2.14. The number of benzene rings is 1. The number of nitrogens with zero attached hydrogens (tertiary/aromatic N) is 1. The Balaban J connectivity index is 2.28. The van der Waals surface area contributed by atoms with E-state index in [-0.39, 0.29) is 5.91 Å². The van der Waals surface area contributed by atoms with Crippen LogP contribution in [0.5, 0.6) is 0 Å². The van der Waals surface area contributed by atoms with E-state index in [2.05, 4.69) is 0 Å². The van der Waals surface area contributed by atoms with Gasteiger partial charge < -0.3 is 5.11 Å². The lowest BCUT2D eigenvalue weighted by Gasteiger charge is -2.13. The van der Waals surface area contributed by atoms with Crippen molar-refractivity contribution < 1.29 is 14.7 Å². The smallest absolute Gasteiger partial charge is 0.245 e. The van der Waals surface area contributed by atoms with Crippen molar-refractivity contribution in [2.24, 2.45) is 0 Å². The molecule has 0 saturated carbocycles. The summed E-state index contributed by atoms with van der Waals surface area (Å²) in [6.45, 7) is 1.76. The molecule has 0 aliphatic carbocycles. The second-order valence-electron chi connectivity index (χ2n) is 4.70. The van der Waals surface area contributed by atoms with Crippen molar-refractivity contribution in [2.45, 2.75) is 38.7 Å². The minimum absolute atomic E-state index is 0.00644. The van der Waals surface area contributed by atoms with Crippen LogP contribution in [0.15, 0.2) is 24.3 Å². The van der Waals surface area contributed by atoms with Crippen LogP contribution in [-0.2, 0) is 16.1 Å². The molecular formula is C15H23NO3. The normalized spacial score (nSPS) is 12.2. The third-order valence-corrected chi connectivity index (χ3v) is 3.19. The van der Waals surface area contributed by atoms with E-state index in [1.165, 1.54) is 17.7 Å². The van der Waals surface area contributed by atoms with Gasteiger partial charge in [0.1, 0.15) is 0 Å². The molecule has 1 rings (SSSR count). The Kier molecular flexibility index (Phi) is 6.53. The summed E-state index contributed by atoms with van der Waals surface area (Å²) in [6, 6.07) is 7.96. The molecule has 0 aliphatic rings. The fourth-order valence-electron chi connectivity index (χ4n) is 1.83. The lowest BCUT2D eigenvalue weighted by atomic mass is 10.0. The first kappa shape index (κ1) is 15.7. The Hall–Kier alpha value is -1.39. The number of amides is 1. The maximum Gasteiger partial charge on any atom is 0.245 e. The number of hydroxylamine groups is 2. The van der Waals surface area contributed by atoms with Gasteiger partial charge in [-0.05, 0) is 37.3 Å². The van der Waals surface area contributed by atoms with E-state index in [4.69, 9.17) is 4.84 Å². The first-order valence-electron chi connectivity index (χ1n) is 6.62. The summed E-state index contributed by atoms with van der Waals surface area (Å²) in [6.07, 6.45) is 2.86. The number of aliphatic hydroxyl groups is 1. The molecule has 1 N–H and O–H groups in total. The van der Waals surface area contributed by atoms with E-state index in [1.54, 1.807) is 14.0 Å². The van der Waals surface area contributed by atoms with E-state index in [1.807, 2.05) is 24.3 Å². The summed E-state index contributed by atoms with van der Waals surface area (Å²) < 4.78 is 0. The molecule has 0 spiro atoms. The largest absolute Gasteiger partial charge is 0.389 e. The summed E-state index contributed by atoms with van der Waals surface area (Å²) in [5.74, 6) is 0.00644. The van der Waals surface area contributed by atoms with Crippen molar-refractivity contribution in [3.05, 3.63) is 35.4 Å². The number of aliphatic hydroxyl groups excluding tert-OH is 1. The van der Waals surface area contributed by atoms with Crippen molar-refractivity contribution in [2.75, 3.05) is 14.2 Å². The van der Waals surface area contributed by atoms with Crippen molar-refractivity contribution in [1.82, 2.24) is 5.06 Å². The zero-order valence-corrected chi connectivity index (χ0v) is 11.9. The number of aryl methyl sites for hydroxylation is 1. The van der Waals surface area contributed by atoms with Crippen molar-refractivity contribution in [3.8, 4) is 0 Å². The first-order chi connectivity index (χ1) is 9.04. The number of rotatable bonds is 7. The second-order valence-corrected chi connectivity index (χ2v) is 4.70. The van der Waals surface area contributed by atoms with Gasteiger partial charge in [0.05, 0.1) is 13.2 Å². The average Bonchev–Trinajstić information content (AvgIpc) is 2.42. The number of hydrogen-bond donors (Lipinski definition) is 1. The predicted octanol–water partition coefficient (Wildman–Crippen LogP) is 2.47. The predicted molar refractivity (Wildman–Crippen MR) is 74.4 cm³/mol. The molecule has 19 heavy (non-hydrogen) atoms. The maximum atomic E-state index is 11.5. The first-order valence-corrected chi connectivity index (χ1v) is 6.62. The minimum atomic E-state index is -0.420. The van der Waals surface area contributed by atoms with Crippen LogP contribution in [0.25, 0.3) is 0 Å². The van der Waals surface area contributed by atoms with Crippen molar-refractivity contribution in [1.29, 1.82) is 0 Å². The highest BCUT2D eigenvalue weighted by molar-refractivity contribution is 5.74. The molecule has 1 amide bonds. The zero-order chi connectivity index (χ0) is 14.3. The molecule has 0 aliphatic heterocycles. The molecule has 4 nitrogen and oxygen atoms in total. The Morgan fingerprint density at radius 1 is 1.32 bits per heavy atom. The summed E-state index contributed by atoms with van der Waals surface area (Å²) in [5.41, 5.74) is 2.16. The zero-order valence-electron chi connectivity index (χ0n) is 11.9. The summed E-state index contributed by atoms with van der Waals surface area (Å²) in [4.78, 5) is 16.3. The van der Waals surface area contributed by atoms with E-state index in [9.17, 15) is 9.90 Å². The highest BCUT2D eigenvalue weighted by atomic mass is 16.7. The average molecular weight is 265 g/mol. The monoisotopic (exact) mass is 265 g/mol. The molecule has 106 valence electrons. The van der Waals surface area contributed by atoms with Gasteiger partial charge in [0.2, 0.25) is 5.91 Å². The quantitative estimate of drug-likeness (QED) is 0.608. The van der Waals surface area contributed by atoms with Crippen LogP contribution in [-0.4, -0.2) is 30.2 Å². The van der Waals surface area contributed by atoms with Crippen LogP contribution in [0, 0.1) is 0 Å². The van der Waals surface area contributed by atoms with Gasteiger partial charge >= 0.3 is 0 Å². The lowest BCUT2D eigenvalue weighted by molar-refractivity contribution is -0.168. The minimum Gasteiger partial charge on any atom is -0.389 e. The second kappa shape index (κ2) is 7.92. The molecule has 0 aromatic heterocycles. The summed E-state index contributed by atoms with van der Waals surface area (Å²) in [7, 11) is 3.11. The number of unbranched alkanes of at least 4 members (excludes halogenated alkanes) is 1. The van der Waals surface area contributed by atoms with Gasteiger partial charge in [-0.2, -0.15) is 0 Å². The van der Waals surface area contributed by atoms with E-state index < -0.39 is 6.10 Å². The molecular weight excluding hydrogens is 242 g/mol. The number of carbonyl (C=O) groups is 1. The van der Waals surface area contributed by atoms with Gasteiger partial charge in [-0.15, -0.1) is 0 Å². The van der Waals surface area contributed by atoms with Crippen LogP contribution in [0.4, 0.5) is 0 Å². The highest BCUT2D eigenvalue weighted by Gasteiger charge is 2.07. The number of hydrogen-bond acceptors (Lipinski definition) is 3. The third-order valence-electron chi connectivity index (χ3n) is 3.19. The van der Waals surface area contributed by atoms with Gasteiger partial charge in [0.15, 0.2) is 0 Å². The van der Waals surface area contributed by atoms with Crippen LogP contribution in [0.3, 0.4) is 0 Å². The Bertz CT molecular complexity index is 387. The lowest BCUT2D eigenvalue weighted by Crippen LogP contribution is -2.24. The summed E-state index contributed by atoms with van der Waals surface area (Å²) >= 11 is 0. The molecule has 0 radical (unpaired) electrons. The van der Waals surface area contributed by atoms with Crippen LogP contribution < -0.4 is 0 Å². The Morgan fingerprint density at radius 2 is 1.95 bits per heavy atom.